The number of carbonyl (C=O) groups is 2. The molecule has 1 atom stereocenters. The van der Waals surface area contributed by atoms with Gasteiger partial charge in [-0.3, -0.25) is 0 Å². The maximum absolute atomic E-state index is 12.4. The smallest absolute Gasteiger partial charge is 0.410 e. The third-order valence-corrected chi connectivity index (χ3v) is 5.91. The van der Waals surface area contributed by atoms with E-state index >= 15 is 0 Å². The van der Waals surface area contributed by atoms with Crippen LogP contribution in [0.1, 0.15) is 23.5 Å². The summed E-state index contributed by atoms with van der Waals surface area (Å²) >= 11 is 0. The van der Waals surface area contributed by atoms with Crippen LogP contribution >= 0.6 is 0 Å². The van der Waals surface area contributed by atoms with Crippen molar-refractivity contribution in [2.75, 3.05) is 44.2 Å². The van der Waals surface area contributed by atoms with E-state index in [4.69, 9.17) is 9.84 Å². The third kappa shape index (κ3) is 4.67. The number of anilines is 1. The second-order valence-corrected chi connectivity index (χ2v) is 7.82. The average molecular weight is 409 g/mol. The molecule has 2 fully saturated rings. The van der Waals surface area contributed by atoms with Crippen LogP contribution in [0.5, 0.6) is 0 Å². The lowest BCUT2D eigenvalue weighted by molar-refractivity contribution is 0.104. The fourth-order valence-corrected chi connectivity index (χ4v) is 4.14. The molecular weight excluding hydrogens is 382 g/mol. The molecule has 0 aromatic heterocycles. The maximum atomic E-state index is 12.4. The van der Waals surface area contributed by atoms with Gasteiger partial charge in [-0.25, -0.2) is 9.59 Å². The lowest BCUT2D eigenvalue weighted by atomic mass is 9.97. The summed E-state index contributed by atoms with van der Waals surface area (Å²) in [6.07, 6.45) is -0.202. The standard InChI is InChI=1S/C23H27N3O4/c27-22(28)25-13-11-24(12-14-25)21-8-4-7-19(15-21)20-9-10-26(16-20)23(29)30-17-18-5-2-1-3-6-18/h1-8,15,20H,9-14,16-17H2,(H,27,28)/t20-/m1/s1. The van der Waals surface area contributed by atoms with Crippen molar-refractivity contribution in [2.45, 2.75) is 18.9 Å². The van der Waals surface area contributed by atoms with E-state index in [9.17, 15) is 9.59 Å². The van der Waals surface area contributed by atoms with Crippen LogP contribution in [0.2, 0.25) is 0 Å². The molecule has 0 radical (unpaired) electrons. The Hall–Kier alpha value is -3.22. The average Bonchev–Trinajstić information content (AvgIpc) is 3.29. The van der Waals surface area contributed by atoms with Crippen molar-refractivity contribution in [3.05, 3.63) is 65.7 Å². The lowest BCUT2D eigenvalue weighted by Gasteiger charge is -2.35. The SMILES string of the molecule is O=C(O)N1CCN(c2cccc([C@@H]3CCN(C(=O)OCc4ccccc4)C3)c2)CC1. The number of likely N-dealkylation sites (tertiary alicyclic amines) is 1. The molecule has 1 N–H and O–H groups in total. The Morgan fingerprint density at radius 3 is 2.43 bits per heavy atom. The van der Waals surface area contributed by atoms with E-state index in [1.165, 1.54) is 10.5 Å². The number of amides is 2. The van der Waals surface area contributed by atoms with Gasteiger partial charge in [0.05, 0.1) is 0 Å². The van der Waals surface area contributed by atoms with Crippen molar-refractivity contribution >= 4 is 17.9 Å². The van der Waals surface area contributed by atoms with Crippen LogP contribution in [0.25, 0.3) is 0 Å². The highest BCUT2D eigenvalue weighted by molar-refractivity contribution is 5.68. The Morgan fingerprint density at radius 2 is 1.70 bits per heavy atom. The molecule has 2 saturated heterocycles. The molecule has 7 heteroatoms. The molecule has 0 spiro atoms. The van der Waals surface area contributed by atoms with E-state index in [2.05, 4.69) is 23.1 Å². The van der Waals surface area contributed by atoms with Gasteiger partial charge in [0.25, 0.3) is 0 Å². The maximum Gasteiger partial charge on any atom is 0.410 e. The molecule has 0 bridgehead atoms. The summed E-state index contributed by atoms with van der Waals surface area (Å²) in [6.45, 7) is 4.06. The number of ether oxygens (including phenoxy) is 1. The quantitative estimate of drug-likeness (QED) is 0.835. The Bertz CT molecular complexity index is 881. The summed E-state index contributed by atoms with van der Waals surface area (Å²) in [6, 6.07) is 18.1. The van der Waals surface area contributed by atoms with E-state index in [1.54, 1.807) is 4.90 Å². The summed E-state index contributed by atoms with van der Waals surface area (Å²) in [5, 5.41) is 9.12. The van der Waals surface area contributed by atoms with Gasteiger partial charge < -0.3 is 24.5 Å². The van der Waals surface area contributed by atoms with Crippen molar-refractivity contribution < 1.29 is 19.4 Å². The zero-order valence-electron chi connectivity index (χ0n) is 16.9. The number of carbonyl (C=O) groups excluding carboxylic acids is 1. The Labute approximate surface area is 176 Å². The van der Waals surface area contributed by atoms with Crippen LogP contribution in [0.15, 0.2) is 54.6 Å². The minimum atomic E-state index is -0.853. The number of carboxylic acid groups (broad SMARTS) is 1. The largest absolute Gasteiger partial charge is 0.465 e. The Morgan fingerprint density at radius 1 is 0.933 bits per heavy atom. The first kappa shape index (κ1) is 20.1. The summed E-state index contributed by atoms with van der Waals surface area (Å²) in [5.41, 5.74) is 3.31. The molecule has 2 aliphatic heterocycles. The van der Waals surface area contributed by atoms with Crippen molar-refractivity contribution in [3.63, 3.8) is 0 Å². The molecule has 2 aromatic rings. The molecule has 158 valence electrons. The molecule has 2 aliphatic rings. The van der Waals surface area contributed by atoms with Gasteiger partial charge in [0, 0.05) is 50.9 Å². The summed E-state index contributed by atoms with van der Waals surface area (Å²) in [7, 11) is 0. The van der Waals surface area contributed by atoms with E-state index in [1.807, 2.05) is 36.4 Å². The number of nitrogens with zero attached hydrogens (tertiary/aromatic N) is 3. The van der Waals surface area contributed by atoms with E-state index in [0.29, 0.717) is 45.9 Å². The van der Waals surface area contributed by atoms with E-state index in [-0.39, 0.29) is 12.0 Å². The van der Waals surface area contributed by atoms with Crippen LogP contribution in [0, 0.1) is 0 Å². The number of hydrogen-bond acceptors (Lipinski definition) is 4. The summed E-state index contributed by atoms with van der Waals surface area (Å²) < 4.78 is 5.47. The van der Waals surface area contributed by atoms with Gasteiger partial charge >= 0.3 is 12.2 Å². The second-order valence-electron chi connectivity index (χ2n) is 7.82. The molecule has 30 heavy (non-hydrogen) atoms. The van der Waals surface area contributed by atoms with E-state index < -0.39 is 6.09 Å². The first-order valence-electron chi connectivity index (χ1n) is 10.4. The zero-order chi connectivity index (χ0) is 20.9. The Kier molecular flexibility index (Phi) is 6.07. The summed E-state index contributed by atoms with van der Waals surface area (Å²) in [5.74, 6) is 0.287. The molecular formula is C23H27N3O4. The van der Waals surface area contributed by atoms with Crippen molar-refractivity contribution in [3.8, 4) is 0 Å². The summed E-state index contributed by atoms with van der Waals surface area (Å²) in [4.78, 5) is 29.0. The number of rotatable bonds is 4. The van der Waals surface area contributed by atoms with Gasteiger partial charge in [-0.2, -0.15) is 0 Å². The van der Waals surface area contributed by atoms with Crippen LogP contribution in [-0.2, 0) is 11.3 Å². The van der Waals surface area contributed by atoms with E-state index in [0.717, 1.165) is 17.7 Å². The highest BCUT2D eigenvalue weighted by Gasteiger charge is 2.29. The van der Waals surface area contributed by atoms with Crippen molar-refractivity contribution in [1.82, 2.24) is 9.80 Å². The van der Waals surface area contributed by atoms with Gasteiger partial charge in [-0.05, 0) is 29.7 Å². The van der Waals surface area contributed by atoms with Crippen LogP contribution in [-0.4, -0.2) is 66.4 Å². The monoisotopic (exact) mass is 409 g/mol. The zero-order valence-corrected chi connectivity index (χ0v) is 16.9. The molecule has 2 aromatic carbocycles. The topological polar surface area (TPSA) is 73.3 Å². The predicted octanol–water partition coefficient (Wildman–Crippen LogP) is 3.61. The van der Waals surface area contributed by atoms with Gasteiger partial charge in [0.15, 0.2) is 0 Å². The highest BCUT2D eigenvalue weighted by Crippen LogP contribution is 2.30. The van der Waals surface area contributed by atoms with Crippen molar-refractivity contribution in [1.29, 1.82) is 0 Å². The predicted molar refractivity (Wildman–Crippen MR) is 114 cm³/mol. The third-order valence-electron chi connectivity index (χ3n) is 5.91. The van der Waals surface area contributed by atoms with Crippen LogP contribution in [0.4, 0.5) is 15.3 Å². The first-order valence-corrected chi connectivity index (χ1v) is 10.4. The number of hydrogen-bond donors (Lipinski definition) is 1. The molecule has 0 unspecified atom stereocenters. The number of piperazine rings is 1. The minimum Gasteiger partial charge on any atom is -0.465 e. The molecule has 2 heterocycles. The molecule has 0 saturated carbocycles. The van der Waals surface area contributed by atoms with Gasteiger partial charge in [0.2, 0.25) is 0 Å². The van der Waals surface area contributed by atoms with Gasteiger partial charge in [-0.15, -0.1) is 0 Å². The molecule has 0 aliphatic carbocycles. The molecule has 2 amide bonds. The van der Waals surface area contributed by atoms with Crippen molar-refractivity contribution in [2.24, 2.45) is 0 Å². The number of benzene rings is 2. The van der Waals surface area contributed by atoms with Crippen LogP contribution < -0.4 is 4.90 Å². The Balaban J connectivity index is 1.32. The lowest BCUT2D eigenvalue weighted by Crippen LogP contribution is -2.48. The fourth-order valence-electron chi connectivity index (χ4n) is 4.14. The molecule has 4 rings (SSSR count). The first-order chi connectivity index (χ1) is 14.6. The molecule has 7 nitrogen and oxygen atoms in total. The highest BCUT2D eigenvalue weighted by atomic mass is 16.6. The minimum absolute atomic E-state index is 0.262. The fraction of sp³-hybridized carbons (Fsp3) is 0.391. The van der Waals surface area contributed by atoms with Gasteiger partial charge in [-0.1, -0.05) is 42.5 Å². The van der Waals surface area contributed by atoms with Gasteiger partial charge in [0.1, 0.15) is 6.61 Å². The van der Waals surface area contributed by atoms with Crippen LogP contribution in [0.3, 0.4) is 0 Å². The normalized spacial score (nSPS) is 19.1. The second kappa shape index (κ2) is 9.07.